The van der Waals surface area contributed by atoms with Crippen molar-refractivity contribution >= 4 is 44.8 Å². The molecule has 0 saturated carbocycles. The van der Waals surface area contributed by atoms with Crippen molar-refractivity contribution in [1.82, 2.24) is 9.55 Å². The molecule has 0 saturated heterocycles. The number of fused-ring (bicyclic) bond motifs is 3. The minimum Gasteiger partial charge on any atom is -0.325 e. The van der Waals surface area contributed by atoms with Crippen LogP contribution < -0.4 is 10.9 Å². The van der Waals surface area contributed by atoms with Gasteiger partial charge in [-0.15, -0.1) is 11.3 Å². The van der Waals surface area contributed by atoms with E-state index in [9.17, 15) is 4.79 Å². The molecule has 0 amide bonds. The van der Waals surface area contributed by atoms with Crippen LogP contribution in [0.5, 0.6) is 0 Å². The first-order valence-electron chi connectivity index (χ1n) is 7.67. The summed E-state index contributed by atoms with van der Waals surface area (Å²) in [6.45, 7) is 0. The van der Waals surface area contributed by atoms with Gasteiger partial charge in [-0.2, -0.15) is 0 Å². The number of nitrogens with zero attached hydrogens (tertiary/aromatic N) is 2. The van der Waals surface area contributed by atoms with Gasteiger partial charge in [0.15, 0.2) is 0 Å². The normalized spacial score (nSPS) is 14.0. The predicted molar refractivity (Wildman–Crippen MR) is 96.2 cm³/mol. The molecule has 0 spiro atoms. The molecule has 0 fully saturated rings. The maximum atomic E-state index is 12.8. The topological polar surface area (TPSA) is 46.9 Å². The minimum absolute atomic E-state index is 0.0332. The molecule has 1 aliphatic rings. The number of thiophene rings is 1. The highest BCUT2D eigenvalue weighted by Crippen LogP contribution is 2.34. The Kier molecular flexibility index (Phi) is 3.62. The van der Waals surface area contributed by atoms with Crippen molar-refractivity contribution in [1.29, 1.82) is 0 Å². The molecule has 2 aromatic heterocycles. The molecule has 0 unspecified atom stereocenters. The number of aryl methyl sites for hydroxylation is 2. The first-order valence-corrected chi connectivity index (χ1v) is 8.87. The molecule has 23 heavy (non-hydrogen) atoms. The van der Waals surface area contributed by atoms with Crippen molar-refractivity contribution in [3.63, 3.8) is 0 Å². The molecule has 118 valence electrons. The number of hydrogen-bond acceptors (Lipinski definition) is 4. The van der Waals surface area contributed by atoms with E-state index in [0.717, 1.165) is 35.2 Å². The van der Waals surface area contributed by atoms with Crippen LogP contribution in [0.4, 0.5) is 11.6 Å². The molecule has 6 heteroatoms. The van der Waals surface area contributed by atoms with Crippen LogP contribution in [0, 0.1) is 0 Å². The SMILES string of the molecule is Cn1c(Nc2ccc(Cl)cc2)nc2sc3c(c2c1=O)CCCC3. The molecule has 4 rings (SSSR count). The predicted octanol–water partition coefficient (Wildman–Crippen LogP) is 4.27. The van der Waals surface area contributed by atoms with Crippen LogP contribution in [0.2, 0.25) is 5.02 Å². The fourth-order valence-corrected chi connectivity index (χ4v) is 4.44. The van der Waals surface area contributed by atoms with Crippen LogP contribution in [0.1, 0.15) is 23.3 Å². The van der Waals surface area contributed by atoms with Gasteiger partial charge < -0.3 is 5.32 Å². The highest BCUT2D eigenvalue weighted by atomic mass is 35.5. The van der Waals surface area contributed by atoms with Gasteiger partial charge >= 0.3 is 0 Å². The third-order valence-electron chi connectivity index (χ3n) is 4.30. The number of benzene rings is 1. The number of rotatable bonds is 2. The second-order valence-electron chi connectivity index (χ2n) is 5.82. The third-order valence-corrected chi connectivity index (χ3v) is 5.73. The van der Waals surface area contributed by atoms with Crippen molar-refractivity contribution in [3.05, 3.63) is 50.1 Å². The van der Waals surface area contributed by atoms with E-state index in [4.69, 9.17) is 16.6 Å². The molecule has 1 aromatic carbocycles. The number of hydrogen-bond donors (Lipinski definition) is 1. The maximum Gasteiger partial charge on any atom is 0.263 e. The molecular formula is C17H16ClN3OS. The van der Waals surface area contributed by atoms with E-state index in [2.05, 4.69) is 5.32 Å². The van der Waals surface area contributed by atoms with Gasteiger partial charge in [-0.3, -0.25) is 9.36 Å². The Morgan fingerprint density at radius 2 is 1.96 bits per heavy atom. The first-order chi connectivity index (χ1) is 11.1. The Hall–Kier alpha value is -1.85. The van der Waals surface area contributed by atoms with Gasteiger partial charge in [-0.05, 0) is 55.5 Å². The summed E-state index contributed by atoms with van der Waals surface area (Å²) in [6, 6.07) is 7.37. The van der Waals surface area contributed by atoms with Gasteiger partial charge in [0.2, 0.25) is 5.95 Å². The summed E-state index contributed by atoms with van der Waals surface area (Å²) in [6.07, 6.45) is 4.43. The van der Waals surface area contributed by atoms with Gasteiger partial charge in [0.1, 0.15) is 4.83 Å². The Morgan fingerprint density at radius 1 is 1.22 bits per heavy atom. The summed E-state index contributed by atoms with van der Waals surface area (Å²) >= 11 is 7.57. The minimum atomic E-state index is 0.0332. The molecule has 1 N–H and O–H groups in total. The number of anilines is 2. The van der Waals surface area contributed by atoms with Crippen molar-refractivity contribution in [3.8, 4) is 0 Å². The summed E-state index contributed by atoms with van der Waals surface area (Å²) in [4.78, 5) is 19.7. The van der Waals surface area contributed by atoms with Crippen LogP contribution in [-0.2, 0) is 19.9 Å². The van der Waals surface area contributed by atoms with Crippen LogP contribution in [0.3, 0.4) is 0 Å². The van der Waals surface area contributed by atoms with Crippen LogP contribution in [-0.4, -0.2) is 9.55 Å². The van der Waals surface area contributed by atoms with Crippen LogP contribution >= 0.6 is 22.9 Å². The lowest BCUT2D eigenvalue weighted by atomic mass is 9.97. The summed E-state index contributed by atoms with van der Waals surface area (Å²) in [5.74, 6) is 0.559. The molecule has 4 nitrogen and oxygen atoms in total. The van der Waals surface area contributed by atoms with Gasteiger partial charge in [0.05, 0.1) is 5.39 Å². The van der Waals surface area contributed by atoms with Crippen molar-refractivity contribution in [2.45, 2.75) is 25.7 Å². The average Bonchev–Trinajstić information content (AvgIpc) is 2.92. The third kappa shape index (κ3) is 2.54. The summed E-state index contributed by atoms with van der Waals surface area (Å²) in [5.41, 5.74) is 2.12. The van der Waals surface area contributed by atoms with Crippen molar-refractivity contribution < 1.29 is 0 Å². The fourth-order valence-electron chi connectivity index (χ4n) is 3.06. The van der Waals surface area contributed by atoms with E-state index in [1.165, 1.54) is 16.9 Å². The van der Waals surface area contributed by atoms with Crippen LogP contribution in [0.25, 0.3) is 10.2 Å². The maximum absolute atomic E-state index is 12.8. The Bertz CT molecular complexity index is 943. The van der Waals surface area contributed by atoms with E-state index >= 15 is 0 Å². The van der Waals surface area contributed by atoms with Crippen LogP contribution in [0.15, 0.2) is 29.1 Å². The Morgan fingerprint density at radius 3 is 2.74 bits per heavy atom. The summed E-state index contributed by atoms with van der Waals surface area (Å²) < 4.78 is 1.60. The zero-order chi connectivity index (χ0) is 16.0. The lowest BCUT2D eigenvalue weighted by Crippen LogP contribution is -2.21. The quantitative estimate of drug-likeness (QED) is 0.754. The molecule has 0 radical (unpaired) electrons. The smallest absolute Gasteiger partial charge is 0.263 e. The van der Waals surface area contributed by atoms with Gasteiger partial charge in [0.25, 0.3) is 5.56 Å². The lowest BCUT2D eigenvalue weighted by Gasteiger charge is -2.12. The van der Waals surface area contributed by atoms with Crippen molar-refractivity contribution in [2.24, 2.45) is 7.05 Å². The molecule has 3 aromatic rings. The van der Waals surface area contributed by atoms with Gasteiger partial charge in [0, 0.05) is 22.6 Å². The zero-order valence-corrected chi connectivity index (χ0v) is 14.3. The van der Waals surface area contributed by atoms with E-state index < -0.39 is 0 Å². The number of halogens is 1. The Balaban J connectivity index is 1.83. The lowest BCUT2D eigenvalue weighted by molar-refractivity contribution is 0.699. The summed E-state index contributed by atoms with van der Waals surface area (Å²) in [7, 11) is 1.76. The van der Waals surface area contributed by atoms with Gasteiger partial charge in [-0.25, -0.2) is 4.98 Å². The second kappa shape index (κ2) is 5.65. The highest BCUT2D eigenvalue weighted by molar-refractivity contribution is 7.18. The second-order valence-corrected chi connectivity index (χ2v) is 7.34. The largest absolute Gasteiger partial charge is 0.325 e. The molecule has 0 aliphatic heterocycles. The fraction of sp³-hybridized carbons (Fsp3) is 0.294. The molecule has 2 heterocycles. The highest BCUT2D eigenvalue weighted by Gasteiger charge is 2.21. The first kappa shape index (κ1) is 14.7. The van der Waals surface area contributed by atoms with E-state index in [0.29, 0.717) is 11.0 Å². The zero-order valence-electron chi connectivity index (χ0n) is 12.7. The monoisotopic (exact) mass is 345 g/mol. The molecule has 0 bridgehead atoms. The average molecular weight is 346 g/mol. The number of nitrogens with one attached hydrogen (secondary N) is 1. The standard InChI is InChI=1S/C17H16ClN3OS/c1-21-16(22)14-12-4-2-3-5-13(12)23-15(14)20-17(21)19-11-8-6-10(18)7-9-11/h6-9H,2-5H2,1H3,(H,19,20). The summed E-state index contributed by atoms with van der Waals surface area (Å²) in [5, 5.41) is 4.71. The van der Waals surface area contributed by atoms with Crippen molar-refractivity contribution in [2.75, 3.05) is 5.32 Å². The van der Waals surface area contributed by atoms with E-state index in [-0.39, 0.29) is 5.56 Å². The molecule has 0 atom stereocenters. The van der Waals surface area contributed by atoms with E-state index in [1.807, 2.05) is 24.3 Å². The molecule has 1 aliphatic carbocycles. The molecular weight excluding hydrogens is 330 g/mol. The van der Waals surface area contributed by atoms with E-state index in [1.54, 1.807) is 23.0 Å². The Labute approximate surface area is 142 Å². The number of aromatic nitrogens is 2. The van der Waals surface area contributed by atoms with Gasteiger partial charge in [-0.1, -0.05) is 11.6 Å².